The zero-order valence-electron chi connectivity index (χ0n) is 26.7. The van der Waals surface area contributed by atoms with Crippen LogP contribution in [0.4, 0.5) is 11.4 Å². The minimum Gasteiger partial charge on any atom is -0.423 e. The Balaban J connectivity index is 1.23. The quantitative estimate of drug-likeness (QED) is 0.0444. The third-order valence-corrected chi connectivity index (χ3v) is 10.1. The Morgan fingerprint density at radius 1 is 0.545 bits per heavy atom. The number of nitrogens with one attached hydrogen (secondary N) is 2. The lowest BCUT2D eigenvalue weighted by atomic mass is 9.80. The molecule has 0 saturated heterocycles. The maximum atomic E-state index is 12.1. The van der Waals surface area contributed by atoms with Crippen molar-refractivity contribution >= 4 is 59.3 Å². The molecule has 2 rings (SSSR count). The highest BCUT2D eigenvalue weighted by Crippen LogP contribution is 2.18. The van der Waals surface area contributed by atoms with Crippen LogP contribution in [0, 0.1) is 0 Å². The van der Waals surface area contributed by atoms with Gasteiger partial charge in [0.25, 0.3) is 0 Å². The summed E-state index contributed by atoms with van der Waals surface area (Å²) in [7, 11) is -1.52. The number of carbonyl (C=O) groups excluding carboxylic acids is 2. The van der Waals surface area contributed by atoms with Crippen molar-refractivity contribution in [2.45, 2.75) is 116 Å². The van der Waals surface area contributed by atoms with E-state index in [9.17, 15) is 19.6 Å². The van der Waals surface area contributed by atoms with Crippen molar-refractivity contribution in [1.82, 2.24) is 0 Å². The van der Waals surface area contributed by atoms with Crippen LogP contribution in [0.3, 0.4) is 0 Å². The summed E-state index contributed by atoms with van der Waals surface area (Å²) < 4.78 is 0. The summed E-state index contributed by atoms with van der Waals surface area (Å²) in [5.74, 6) is 2.66. The third-order valence-electron chi connectivity index (χ3n) is 7.58. The summed E-state index contributed by atoms with van der Waals surface area (Å²) >= 11 is 4.18. The zero-order valence-corrected chi connectivity index (χ0v) is 28.3. The van der Waals surface area contributed by atoms with Gasteiger partial charge in [-0.1, -0.05) is 107 Å². The monoisotopic (exact) mass is 642 g/mol. The summed E-state index contributed by atoms with van der Waals surface area (Å²) in [4.78, 5) is 24.1. The molecule has 2 aromatic carbocycles. The largest absolute Gasteiger partial charge is 0.488 e. The van der Waals surface area contributed by atoms with Crippen molar-refractivity contribution in [3.63, 3.8) is 0 Å². The van der Waals surface area contributed by atoms with Gasteiger partial charge in [-0.3, -0.25) is 9.59 Å². The SMILES string of the molecule is O=C(CCCCCCCCCCSCSCCCCCCCCCCC(=O)Nc1cccc(B(O)O)c1)Nc1ccccc1. The van der Waals surface area contributed by atoms with Crippen LogP contribution in [0.1, 0.15) is 116 Å². The Hall–Kier alpha value is -1.94. The van der Waals surface area contributed by atoms with Gasteiger partial charge in [0.1, 0.15) is 0 Å². The number of rotatable bonds is 27. The van der Waals surface area contributed by atoms with Crippen LogP contribution in [0.5, 0.6) is 0 Å². The number of hydrogen-bond acceptors (Lipinski definition) is 6. The molecule has 0 fully saturated rings. The highest BCUT2D eigenvalue weighted by atomic mass is 32.2. The Labute approximate surface area is 275 Å². The second kappa shape index (κ2) is 26.3. The second-order valence-electron chi connectivity index (χ2n) is 11.6. The molecular weight excluding hydrogens is 587 g/mol. The molecule has 0 unspecified atom stereocenters. The molecule has 244 valence electrons. The van der Waals surface area contributed by atoms with Gasteiger partial charge in [0.2, 0.25) is 11.8 Å². The molecule has 0 radical (unpaired) electrons. The van der Waals surface area contributed by atoms with E-state index in [1.165, 1.54) is 93.6 Å². The Morgan fingerprint density at radius 3 is 1.48 bits per heavy atom. The number of unbranched alkanes of at least 4 members (excludes halogenated alkanes) is 14. The second-order valence-corrected chi connectivity index (χ2v) is 14.1. The van der Waals surface area contributed by atoms with Gasteiger partial charge in [-0.15, -0.1) is 0 Å². The Kier molecular flexibility index (Phi) is 22.9. The van der Waals surface area contributed by atoms with E-state index in [0.717, 1.165) is 31.4 Å². The number of benzene rings is 2. The first-order valence-electron chi connectivity index (χ1n) is 16.8. The van der Waals surface area contributed by atoms with Gasteiger partial charge in [-0.25, -0.2) is 0 Å². The molecule has 2 amide bonds. The van der Waals surface area contributed by atoms with Crippen LogP contribution in [-0.2, 0) is 9.59 Å². The van der Waals surface area contributed by atoms with Crippen molar-refractivity contribution in [3.8, 4) is 0 Å². The maximum absolute atomic E-state index is 12.1. The van der Waals surface area contributed by atoms with Gasteiger partial charge >= 0.3 is 7.12 Å². The average Bonchev–Trinajstić information content (AvgIpc) is 3.02. The van der Waals surface area contributed by atoms with E-state index in [0.29, 0.717) is 24.0 Å². The van der Waals surface area contributed by atoms with E-state index in [1.807, 2.05) is 30.3 Å². The minimum absolute atomic E-state index is 0.0213. The molecule has 2 aromatic rings. The fourth-order valence-electron chi connectivity index (χ4n) is 5.02. The van der Waals surface area contributed by atoms with E-state index < -0.39 is 7.12 Å². The van der Waals surface area contributed by atoms with E-state index in [-0.39, 0.29) is 11.8 Å². The highest BCUT2D eigenvalue weighted by Gasteiger charge is 2.11. The molecule has 0 saturated carbocycles. The van der Waals surface area contributed by atoms with Crippen LogP contribution in [0.2, 0.25) is 0 Å². The lowest BCUT2D eigenvalue weighted by molar-refractivity contribution is -0.117. The predicted octanol–water partition coefficient (Wildman–Crippen LogP) is 8.39. The summed E-state index contributed by atoms with van der Waals surface area (Å²) in [6, 6.07) is 16.4. The first kappa shape index (κ1) is 38.2. The summed E-state index contributed by atoms with van der Waals surface area (Å²) in [6.45, 7) is 0. The molecule has 0 bridgehead atoms. The first-order chi connectivity index (χ1) is 21.5. The molecule has 0 aliphatic rings. The number of anilines is 2. The fraction of sp³-hybridized carbons (Fsp3) is 0.600. The maximum Gasteiger partial charge on any atom is 0.488 e. The smallest absolute Gasteiger partial charge is 0.423 e. The van der Waals surface area contributed by atoms with E-state index >= 15 is 0 Å². The third kappa shape index (κ3) is 20.9. The van der Waals surface area contributed by atoms with Gasteiger partial charge in [-0.05, 0) is 66.9 Å². The summed E-state index contributed by atoms with van der Waals surface area (Å²) in [5.41, 5.74) is 1.86. The van der Waals surface area contributed by atoms with Crippen LogP contribution in [0.15, 0.2) is 54.6 Å². The predicted molar refractivity (Wildman–Crippen MR) is 193 cm³/mol. The topological polar surface area (TPSA) is 98.7 Å². The molecule has 0 spiro atoms. The van der Waals surface area contributed by atoms with Crippen molar-refractivity contribution < 1.29 is 19.6 Å². The molecule has 44 heavy (non-hydrogen) atoms. The molecule has 4 N–H and O–H groups in total. The molecule has 9 heteroatoms. The summed E-state index contributed by atoms with van der Waals surface area (Å²) in [6.07, 6.45) is 20.7. The molecular formula is C35H55BN2O4S2. The molecule has 0 aliphatic heterocycles. The first-order valence-corrected chi connectivity index (χ1v) is 19.1. The molecule has 0 aromatic heterocycles. The molecule has 6 nitrogen and oxygen atoms in total. The van der Waals surface area contributed by atoms with Crippen molar-refractivity contribution in [1.29, 1.82) is 0 Å². The summed E-state index contributed by atoms with van der Waals surface area (Å²) in [5, 5.41) is 25.5. The number of hydrogen-bond donors (Lipinski definition) is 4. The number of amides is 2. The Morgan fingerprint density at radius 2 is 0.977 bits per heavy atom. The number of carbonyl (C=O) groups is 2. The van der Waals surface area contributed by atoms with Gasteiger partial charge < -0.3 is 20.7 Å². The van der Waals surface area contributed by atoms with Crippen LogP contribution in [0.25, 0.3) is 0 Å². The van der Waals surface area contributed by atoms with E-state index in [4.69, 9.17) is 0 Å². The molecule has 0 atom stereocenters. The average molecular weight is 643 g/mol. The highest BCUT2D eigenvalue weighted by molar-refractivity contribution is 8.15. The minimum atomic E-state index is -1.52. The van der Waals surface area contributed by atoms with Crippen molar-refractivity contribution in [3.05, 3.63) is 54.6 Å². The van der Waals surface area contributed by atoms with Crippen molar-refractivity contribution in [2.24, 2.45) is 0 Å². The number of thioether (sulfide) groups is 2. The van der Waals surface area contributed by atoms with Crippen LogP contribution in [-0.4, -0.2) is 45.6 Å². The van der Waals surface area contributed by atoms with Gasteiger partial charge in [0, 0.05) is 29.3 Å². The van der Waals surface area contributed by atoms with Crippen molar-refractivity contribution in [2.75, 3.05) is 27.2 Å². The fourth-order valence-corrected chi connectivity index (χ4v) is 7.25. The van der Waals surface area contributed by atoms with Gasteiger partial charge in [-0.2, -0.15) is 23.5 Å². The number of para-hydroxylation sites is 1. The zero-order chi connectivity index (χ0) is 31.5. The standard InChI is InChI=1S/C35H55BN2O4S2/c39-34(37-32-22-14-13-15-23-32)25-16-9-5-1-3-7-11-18-27-43-30-44-28-19-12-8-4-2-6-10-17-26-35(40)38-33-24-20-21-31(29-33)36(41)42/h13-15,20-24,29,41-42H,1-12,16-19,25-28,30H2,(H,37,39)(H,38,40). The molecule has 0 heterocycles. The Bertz CT molecular complexity index is 1010. The molecule has 0 aliphatic carbocycles. The lowest BCUT2D eigenvalue weighted by Crippen LogP contribution is -2.30. The normalized spacial score (nSPS) is 11.0. The van der Waals surface area contributed by atoms with Crippen LogP contribution < -0.4 is 16.1 Å². The van der Waals surface area contributed by atoms with Crippen LogP contribution >= 0.6 is 23.5 Å². The van der Waals surface area contributed by atoms with Gasteiger partial charge in [0.05, 0.1) is 0 Å². The lowest BCUT2D eigenvalue weighted by Gasteiger charge is -2.07. The van der Waals surface area contributed by atoms with E-state index in [1.54, 1.807) is 24.3 Å². The van der Waals surface area contributed by atoms with E-state index in [2.05, 4.69) is 34.2 Å². The van der Waals surface area contributed by atoms with Gasteiger partial charge in [0.15, 0.2) is 0 Å².